The van der Waals surface area contributed by atoms with Crippen LogP contribution >= 0.6 is 0 Å². The minimum Gasteiger partial charge on any atom is -0.447 e. The van der Waals surface area contributed by atoms with Crippen LogP contribution in [-0.2, 0) is 16.6 Å². The molecule has 2 rings (SSSR count). The van der Waals surface area contributed by atoms with Gasteiger partial charge in [0, 0.05) is 25.2 Å². The van der Waals surface area contributed by atoms with E-state index in [0.29, 0.717) is 25.4 Å². The predicted molar refractivity (Wildman–Crippen MR) is 76.9 cm³/mol. The first kappa shape index (κ1) is 15.5. The van der Waals surface area contributed by atoms with E-state index in [9.17, 15) is 8.42 Å². The van der Waals surface area contributed by atoms with Crippen LogP contribution in [0.15, 0.2) is 21.6 Å². The average molecular weight is 301 g/mol. The third-order valence-corrected chi connectivity index (χ3v) is 5.58. The van der Waals surface area contributed by atoms with E-state index in [1.807, 2.05) is 20.9 Å². The first-order valence-corrected chi connectivity index (χ1v) is 8.16. The Morgan fingerprint density at radius 2 is 2.05 bits per heavy atom. The van der Waals surface area contributed by atoms with Crippen LogP contribution in [0.2, 0.25) is 0 Å². The van der Waals surface area contributed by atoms with Gasteiger partial charge in [0.15, 0.2) is 0 Å². The molecule has 0 spiro atoms. The van der Waals surface area contributed by atoms with Gasteiger partial charge < -0.3 is 9.73 Å². The molecule has 1 saturated heterocycles. The number of sulfonamides is 1. The Bertz CT molecular complexity index is 565. The van der Waals surface area contributed by atoms with Crippen LogP contribution < -0.4 is 5.32 Å². The van der Waals surface area contributed by atoms with E-state index < -0.39 is 10.0 Å². The van der Waals surface area contributed by atoms with Crippen LogP contribution in [0.5, 0.6) is 0 Å². The minimum absolute atomic E-state index is 0.0307. The van der Waals surface area contributed by atoms with Crippen LogP contribution in [-0.4, -0.2) is 56.9 Å². The second kappa shape index (κ2) is 5.48. The molecule has 1 aromatic heterocycles. The predicted octanol–water partition coefficient (Wildman–Crippen LogP) is 0.714. The molecule has 20 heavy (non-hydrogen) atoms. The Hall–Kier alpha value is -0.890. The minimum atomic E-state index is -3.54. The molecular weight excluding hydrogens is 278 g/mol. The molecule has 1 N–H and O–H groups in total. The molecule has 1 aliphatic rings. The topological polar surface area (TPSA) is 65.8 Å². The van der Waals surface area contributed by atoms with Gasteiger partial charge in [0.25, 0.3) is 10.0 Å². The van der Waals surface area contributed by atoms with Crippen molar-refractivity contribution in [2.75, 3.05) is 33.7 Å². The van der Waals surface area contributed by atoms with Crippen molar-refractivity contribution in [2.45, 2.75) is 31.0 Å². The zero-order valence-electron chi connectivity index (χ0n) is 12.5. The number of rotatable bonds is 4. The van der Waals surface area contributed by atoms with Crippen molar-refractivity contribution in [1.82, 2.24) is 14.5 Å². The maximum Gasteiger partial charge on any atom is 0.276 e. The average Bonchev–Trinajstić information content (AvgIpc) is 2.82. The van der Waals surface area contributed by atoms with Gasteiger partial charge in [-0.25, -0.2) is 8.42 Å². The summed E-state index contributed by atoms with van der Waals surface area (Å²) in [6.45, 7) is 6.28. The van der Waals surface area contributed by atoms with E-state index in [-0.39, 0.29) is 10.6 Å². The molecule has 2 heterocycles. The number of nitrogens with one attached hydrogen (secondary N) is 1. The van der Waals surface area contributed by atoms with E-state index >= 15 is 0 Å². The molecule has 1 fully saturated rings. The lowest BCUT2D eigenvalue weighted by Crippen LogP contribution is -2.58. The van der Waals surface area contributed by atoms with Crippen molar-refractivity contribution in [2.24, 2.45) is 0 Å². The van der Waals surface area contributed by atoms with Crippen molar-refractivity contribution in [3.05, 3.63) is 17.9 Å². The number of nitrogens with zero attached hydrogens (tertiary/aromatic N) is 2. The van der Waals surface area contributed by atoms with Gasteiger partial charge in [0.1, 0.15) is 5.76 Å². The molecule has 0 unspecified atom stereocenters. The first-order valence-electron chi connectivity index (χ1n) is 6.72. The fraction of sp³-hybridized carbons (Fsp3) is 0.692. The van der Waals surface area contributed by atoms with Crippen molar-refractivity contribution in [3.8, 4) is 0 Å². The SMILES string of the molecule is CNCc1ccc(S(=O)(=O)N2CCN(C)C(C)(C)C2)o1. The smallest absolute Gasteiger partial charge is 0.276 e. The van der Waals surface area contributed by atoms with E-state index in [4.69, 9.17) is 4.42 Å². The lowest BCUT2D eigenvalue weighted by molar-refractivity contribution is 0.0793. The van der Waals surface area contributed by atoms with Gasteiger partial charge in [0.05, 0.1) is 6.54 Å². The molecule has 1 aliphatic heterocycles. The number of likely N-dealkylation sites (N-methyl/N-ethyl adjacent to an activating group) is 1. The van der Waals surface area contributed by atoms with Gasteiger partial charge in [-0.2, -0.15) is 4.31 Å². The van der Waals surface area contributed by atoms with Crippen LogP contribution in [0.3, 0.4) is 0 Å². The molecule has 1 aromatic rings. The highest BCUT2D eigenvalue weighted by molar-refractivity contribution is 7.89. The van der Waals surface area contributed by atoms with E-state index in [1.165, 1.54) is 10.4 Å². The third-order valence-electron chi connectivity index (χ3n) is 3.86. The Morgan fingerprint density at radius 1 is 1.35 bits per heavy atom. The molecule has 0 radical (unpaired) electrons. The second-order valence-corrected chi connectivity index (χ2v) is 7.69. The second-order valence-electron chi connectivity index (χ2n) is 5.82. The van der Waals surface area contributed by atoms with Gasteiger partial charge in [-0.3, -0.25) is 4.90 Å². The molecule has 0 bridgehead atoms. The summed E-state index contributed by atoms with van der Waals surface area (Å²) in [5.41, 5.74) is -0.175. The molecular formula is C13H23N3O3S. The molecule has 0 saturated carbocycles. The van der Waals surface area contributed by atoms with E-state index in [0.717, 1.165) is 6.54 Å². The van der Waals surface area contributed by atoms with Crippen molar-refractivity contribution >= 4 is 10.0 Å². The number of hydrogen-bond donors (Lipinski definition) is 1. The normalized spacial score (nSPS) is 21.2. The van der Waals surface area contributed by atoms with Gasteiger partial charge in [0.2, 0.25) is 5.09 Å². The van der Waals surface area contributed by atoms with E-state index in [1.54, 1.807) is 13.1 Å². The van der Waals surface area contributed by atoms with Crippen molar-refractivity contribution < 1.29 is 12.8 Å². The quantitative estimate of drug-likeness (QED) is 0.887. The zero-order valence-corrected chi connectivity index (χ0v) is 13.3. The highest BCUT2D eigenvalue weighted by atomic mass is 32.2. The summed E-state index contributed by atoms with van der Waals surface area (Å²) in [6.07, 6.45) is 0. The monoisotopic (exact) mass is 301 g/mol. The van der Waals surface area contributed by atoms with Crippen molar-refractivity contribution in [1.29, 1.82) is 0 Å². The fourth-order valence-electron chi connectivity index (χ4n) is 2.29. The summed E-state index contributed by atoms with van der Waals surface area (Å²) >= 11 is 0. The zero-order chi connectivity index (χ0) is 15.0. The van der Waals surface area contributed by atoms with Crippen LogP contribution in [0, 0.1) is 0 Å². The Labute approximate surface area is 120 Å². The molecule has 7 heteroatoms. The highest BCUT2D eigenvalue weighted by Crippen LogP contribution is 2.25. The number of piperazine rings is 1. The fourth-order valence-corrected chi connectivity index (χ4v) is 3.81. The van der Waals surface area contributed by atoms with Crippen LogP contribution in [0.4, 0.5) is 0 Å². The summed E-state index contributed by atoms with van der Waals surface area (Å²) < 4.78 is 32.1. The molecule has 114 valence electrons. The highest BCUT2D eigenvalue weighted by Gasteiger charge is 2.38. The first-order chi connectivity index (χ1) is 9.27. The van der Waals surface area contributed by atoms with Gasteiger partial charge >= 0.3 is 0 Å². The van der Waals surface area contributed by atoms with Crippen molar-refractivity contribution in [3.63, 3.8) is 0 Å². The van der Waals surface area contributed by atoms with Gasteiger partial charge in [-0.15, -0.1) is 0 Å². The van der Waals surface area contributed by atoms with Gasteiger partial charge in [-0.05, 0) is 40.1 Å². The molecule has 0 aliphatic carbocycles. The largest absolute Gasteiger partial charge is 0.447 e. The van der Waals surface area contributed by atoms with Crippen LogP contribution in [0.1, 0.15) is 19.6 Å². The number of hydrogen-bond acceptors (Lipinski definition) is 5. The van der Waals surface area contributed by atoms with Crippen LogP contribution in [0.25, 0.3) is 0 Å². The Balaban J connectivity index is 2.21. The summed E-state index contributed by atoms with van der Waals surface area (Å²) in [5, 5.41) is 2.97. The maximum atomic E-state index is 12.6. The molecule has 0 amide bonds. The summed E-state index contributed by atoms with van der Waals surface area (Å²) in [6, 6.07) is 3.23. The standard InChI is InChI=1S/C13H23N3O3S/c1-13(2)10-16(8-7-15(13)4)20(17,18)12-6-5-11(19-12)9-14-3/h5-6,14H,7-10H2,1-4H3. The number of furan rings is 1. The maximum absolute atomic E-state index is 12.6. The lowest BCUT2D eigenvalue weighted by atomic mass is 10.0. The van der Waals surface area contributed by atoms with E-state index in [2.05, 4.69) is 10.2 Å². The Morgan fingerprint density at radius 3 is 2.65 bits per heavy atom. The summed E-state index contributed by atoms with van der Waals surface area (Å²) in [5.74, 6) is 0.625. The lowest BCUT2D eigenvalue weighted by Gasteiger charge is -2.44. The molecule has 0 atom stereocenters. The summed E-state index contributed by atoms with van der Waals surface area (Å²) in [7, 11) is 0.265. The summed E-state index contributed by atoms with van der Waals surface area (Å²) in [4.78, 5) is 2.17. The molecule has 6 nitrogen and oxygen atoms in total. The Kier molecular flexibility index (Phi) is 4.24. The van der Waals surface area contributed by atoms with Gasteiger partial charge in [-0.1, -0.05) is 0 Å². The third kappa shape index (κ3) is 2.90. The molecule has 0 aromatic carbocycles.